The molecule has 130 valence electrons. The van der Waals surface area contributed by atoms with E-state index in [0.717, 1.165) is 15.4 Å². The smallest absolute Gasteiger partial charge is 0.326 e. The van der Waals surface area contributed by atoms with Gasteiger partial charge in [0.05, 0.1) is 16.5 Å². The largest absolute Gasteiger partial charge is 0.425 e. The summed E-state index contributed by atoms with van der Waals surface area (Å²) in [5.41, 5.74) is 2.19. The molecule has 0 saturated heterocycles. The first-order valence-electron chi connectivity index (χ1n) is 7.48. The maximum Gasteiger partial charge on any atom is 0.326 e. The molecule has 0 amide bonds. The molecular formula is C18H18N2O4S. The van der Waals surface area contributed by atoms with Crippen LogP contribution >= 0.6 is 0 Å². The molecule has 7 heteroatoms. The molecule has 0 unspecified atom stereocenters. The Balaban J connectivity index is 2.10. The van der Waals surface area contributed by atoms with Crippen molar-refractivity contribution in [2.45, 2.75) is 18.7 Å². The van der Waals surface area contributed by atoms with E-state index in [-0.39, 0.29) is 4.90 Å². The zero-order valence-corrected chi connectivity index (χ0v) is 15.0. The Morgan fingerprint density at radius 3 is 2.36 bits per heavy atom. The Morgan fingerprint density at radius 2 is 1.80 bits per heavy atom. The third-order valence-electron chi connectivity index (χ3n) is 3.60. The molecule has 0 fully saturated rings. The van der Waals surface area contributed by atoms with Gasteiger partial charge >= 0.3 is 5.97 Å². The lowest BCUT2D eigenvalue weighted by Gasteiger charge is -2.17. The van der Waals surface area contributed by atoms with Crippen LogP contribution in [-0.2, 0) is 14.8 Å². The standard InChI is InChI=1S/C18H18N2O4S/c1-13-4-9-17(14(2)10-13)24-18(21)12-20(3)25(22,23)16-7-5-15(11-19)6-8-16/h4-10H,12H2,1-3H3. The summed E-state index contributed by atoms with van der Waals surface area (Å²) in [6.07, 6.45) is 0. The van der Waals surface area contributed by atoms with Crippen LogP contribution in [0.2, 0.25) is 0 Å². The predicted octanol–water partition coefficient (Wildman–Crippen LogP) is 2.40. The third-order valence-corrected chi connectivity index (χ3v) is 5.42. The number of rotatable bonds is 5. The number of carbonyl (C=O) groups is 1. The van der Waals surface area contributed by atoms with Gasteiger partial charge in [0.1, 0.15) is 12.3 Å². The Morgan fingerprint density at radius 1 is 1.16 bits per heavy atom. The van der Waals surface area contributed by atoms with Crippen molar-refractivity contribution in [1.82, 2.24) is 4.31 Å². The van der Waals surface area contributed by atoms with Crippen molar-refractivity contribution in [2.24, 2.45) is 0 Å². The number of sulfonamides is 1. The molecular weight excluding hydrogens is 340 g/mol. The summed E-state index contributed by atoms with van der Waals surface area (Å²) in [7, 11) is -2.54. The normalized spacial score (nSPS) is 11.2. The molecule has 0 aromatic heterocycles. The molecule has 0 radical (unpaired) electrons. The van der Waals surface area contributed by atoms with Crippen molar-refractivity contribution in [3.8, 4) is 11.8 Å². The molecule has 0 spiro atoms. The highest BCUT2D eigenvalue weighted by molar-refractivity contribution is 7.89. The van der Waals surface area contributed by atoms with E-state index in [1.165, 1.54) is 31.3 Å². The number of aryl methyl sites for hydroxylation is 2. The van der Waals surface area contributed by atoms with Crippen LogP contribution in [0.3, 0.4) is 0 Å². The van der Waals surface area contributed by atoms with Gasteiger partial charge in [-0.25, -0.2) is 8.42 Å². The van der Waals surface area contributed by atoms with E-state index in [9.17, 15) is 13.2 Å². The van der Waals surface area contributed by atoms with Gasteiger partial charge in [0.15, 0.2) is 0 Å². The maximum absolute atomic E-state index is 12.5. The maximum atomic E-state index is 12.5. The SMILES string of the molecule is Cc1ccc(OC(=O)CN(C)S(=O)(=O)c2ccc(C#N)cc2)c(C)c1. The third kappa shape index (κ3) is 4.44. The van der Waals surface area contributed by atoms with Gasteiger partial charge in [0.2, 0.25) is 10.0 Å². The molecule has 25 heavy (non-hydrogen) atoms. The summed E-state index contributed by atoms with van der Waals surface area (Å²) in [5.74, 6) is -0.272. The van der Waals surface area contributed by atoms with Crippen molar-refractivity contribution in [1.29, 1.82) is 5.26 Å². The highest BCUT2D eigenvalue weighted by Gasteiger charge is 2.24. The topological polar surface area (TPSA) is 87.5 Å². The number of hydrogen-bond donors (Lipinski definition) is 0. The van der Waals surface area contributed by atoms with E-state index in [1.54, 1.807) is 6.07 Å². The van der Waals surface area contributed by atoms with Crippen LogP contribution < -0.4 is 4.74 Å². The monoisotopic (exact) mass is 358 g/mol. The van der Waals surface area contributed by atoms with Gasteiger partial charge in [0, 0.05) is 7.05 Å². The lowest BCUT2D eigenvalue weighted by Crippen LogP contribution is -2.34. The van der Waals surface area contributed by atoms with E-state index >= 15 is 0 Å². The molecule has 0 atom stereocenters. The van der Waals surface area contributed by atoms with Gasteiger partial charge in [-0.3, -0.25) is 4.79 Å². The molecule has 2 aromatic rings. The molecule has 0 aliphatic rings. The summed E-state index contributed by atoms with van der Waals surface area (Å²) in [4.78, 5) is 12.1. The fourth-order valence-electron chi connectivity index (χ4n) is 2.22. The molecule has 0 aliphatic heterocycles. The minimum absolute atomic E-state index is 0.00770. The van der Waals surface area contributed by atoms with Crippen molar-refractivity contribution in [3.63, 3.8) is 0 Å². The number of benzene rings is 2. The lowest BCUT2D eigenvalue weighted by molar-refractivity contribution is -0.134. The first kappa shape index (κ1) is 18.6. The molecule has 2 aromatic carbocycles. The van der Waals surface area contributed by atoms with Crippen molar-refractivity contribution >= 4 is 16.0 Å². The van der Waals surface area contributed by atoms with Crippen LogP contribution in [-0.4, -0.2) is 32.3 Å². The first-order chi connectivity index (χ1) is 11.7. The van der Waals surface area contributed by atoms with E-state index in [2.05, 4.69) is 0 Å². The van der Waals surface area contributed by atoms with Crippen LogP contribution in [0.1, 0.15) is 16.7 Å². The Bertz CT molecular complexity index is 929. The van der Waals surface area contributed by atoms with Crippen LogP contribution in [0.25, 0.3) is 0 Å². The van der Waals surface area contributed by atoms with Crippen molar-refractivity contribution < 1.29 is 17.9 Å². The number of hydrogen-bond acceptors (Lipinski definition) is 5. The first-order valence-corrected chi connectivity index (χ1v) is 8.92. The van der Waals surface area contributed by atoms with Crippen LogP contribution in [0, 0.1) is 25.2 Å². The van der Waals surface area contributed by atoms with Gasteiger partial charge in [-0.1, -0.05) is 17.7 Å². The van der Waals surface area contributed by atoms with Gasteiger partial charge in [-0.15, -0.1) is 0 Å². The number of nitriles is 1. The second-order valence-electron chi connectivity index (χ2n) is 5.64. The molecule has 0 bridgehead atoms. The summed E-state index contributed by atoms with van der Waals surface area (Å²) in [5, 5.41) is 8.77. The number of nitrogens with zero attached hydrogens (tertiary/aromatic N) is 2. The van der Waals surface area contributed by atoms with Crippen LogP contribution in [0.4, 0.5) is 0 Å². The Hall–Kier alpha value is -2.69. The van der Waals surface area contributed by atoms with E-state index in [1.807, 2.05) is 32.0 Å². The zero-order chi connectivity index (χ0) is 18.6. The van der Waals surface area contributed by atoms with Crippen molar-refractivity contribution in [2.75, 3.05) is 13.6 Å². The average Bonchev–Trinajstić information content (AvgIpc) is 2.57. The summed E-state index contributed by atoms with van der Waals surface area (Å²) in [6, 6.07) is 12.8. The number of carbonyl (C=O) groups excluding carboxylic acids is 1. The van der Waals surface area contributed by atoms with Crippen molar-refractivity contribution in [3.05, 3.63) is 59.2 Å². The van der Waals surface area contributed by atoms with E-state index in [4.69, 9.17) is 10.00 Å². The molecule has 0 aliphatic carbocycles. The summed E-state index contributed by atoms with van der Waals surface area (Å²) >= 11 is 0. The predicted molar refractivity (Wildman–Crippen MR) is 92.5 cm³/mol. The Kier molecular flexibility index (Phi) is 5.57. The lowest BCUT2D eigenvalue weighted by atomic mass is 10.1. The zero-order valence-electron chi connectivity index (χ0n) is 14.2. The number of likely N-dealkylation sites (N-methyl/N-ethyl adjacent to an activating group) is 1. The summed E-state index contributed by atoms with van der Waals surface area (Å²) in [6.45, 7) is 3.32. The van der Waals surface area contributed by atoms with Gasteiger partial charge in [0.25, 0.3) is 0 Å². The minimum Gasteiger partial charge on any atom is -0.425 e. The van der Waals surface area contributed by atoms with Crippen LogP contribution in [0.5, 0.6) is 5.75 Å². The average molecular weight is 358 g/mol. The Labute approximate surface area is 147 Å². The fraction of sp³-hybridized carbons (Fsp3) is 0.222. The van der Waals surface area contributed by atoms with Gasteiger partial charge in [-0.2, -0.15) is 9.57 Å². The molecule has 0 N–H and O–H groups in total. The fourth-order valence-corrected chi connectivity index (χ4v) is 3.33. The minimum atomic E-state index is -3.85. The second kappa shape index (κ2) is 7.47. The highest BCUT2D eigenvalue weighted by atomic mass is 32.2. The quantitative estimate of drug-likeness (QED) is 0.605. The number of ether oxygens (including phenoxy) is 1. The van der Waals surface area contributed by atoms with Gasteiger partial charge < -0.3 is 4.74 Å². The summed E-state index contributed by atoms with van der Waals surface area (Å²) < 4.78 is 31.1. The highest BCUT2D eigenvalue weighted by Crippen LogP contribution is 2.20. The van der Waals surface area contributed by atoms with Gasteiger partial charge in [-0.05, 0) is 49.7 Å². The number of esters is 1. The van der Waals surface area contributed by atoms with Crippen LogP contribution in [0.15, 0.2) is 47.4 Å². The van der Waals surface area contributed by atoms with E-state index in [0.29, 0.717) is 11.3 Å². The molecule has 6 nitrogen and oxygen atoms in total. The molecule has 2 rings (SSSR count). The molecule has 0 saturated carbocycles. The van der Waals surface area contributed by atoms with E-state index < -0.39 is 22.5 Å². The molecule has 0 heterocycles. The second-order valence-corrected chi connectivity index (χ2v) is 7.69.